The molecule has 274 valence electrons. The Labute approximate surface area is 286 Å². The summed E-state index contributed by atoms with van der Waals surface area (Å²) in [5, 5.41) is 3.70. The Balaban J connectivity index is 1.53. The summed E-state index contributed by atoms with van der Waals surface area (Å²) in [4.78, 5) is 41.6. The van der Waals surface area contributed by atoms with Crippen molar-refractivity contribution in [1.82, 2.24) is 9.55 Å². The molecule has 48 heavy (non-hydrogen) atoms. The van der Waals surface area contributed by atoms with E-state index in [9.17, 15) is 18.9 Å². The van der Waals surface area contributed by atoms with E-state index in [1.165, 1.54) is 120 Å². The molecule has 0 radical (unpaired) electrons. The van der Waals surface area contributed by atoms with Crippen LogP contribution in [0.3, 0.4) is 0 Å². The molecule has 1 N–H and O–H groups in total. The molecule has 0 saturated carbocycles. The van der Waals surface area contributed by atoms with E-state index in [4.69, 9.17) is 24.1 Å². The zero-order valence-corrected chi connectivity index (χ0v) is 30.5. The van der Waals surface area contributed by atoms with E-state index in [0.29, 0.717) is 12.0 Å². The summed E-state index contributed by atoms with van der Waals surface area (Å²) in [5.41, 5.74) is 6.98. The number of hydrogen-bond acceptors (Lipinski definition) is 9. The molecule has 13 nitrogen and oxygen atoms in total. The number of hydrogen-bond donors (Lipinski definition) is 1. The Kier molecular flexibility index (Phi) is 21.4. The van der Waals surface area contributed by atoms with Crippen molar-refractivity contribution in [1.29, 1.82) is 0 Å². The average Bonchev–Trinajstić information content (AvgIpc) is 3.48. The van der Waals surface area contributed by atoms with Crippen molar-refractivity contribution >= 4 is 13.3 Å². The highest BCUT2D eigenvalue weighted by molar-refractivity contribution is 7.71. The van der Waals surface area contributed by atoms with Crippen molar-refractivity contribution in [2.75, 3.05) is 20.3 Å². The Morgan fingerprint density at radius 1 is 0.938 bits per heavy atom. The van der Waals surface area contributed by atoms with Gasteiger partial charge in [-0.05, 0) is 18.9 Å². The first-order valence-corrected chi connectivity index (χ1v) is 19.8. The van der Waals surface area contributed by atoms with Crippen molar-refractivity contribution < 1.29 is 27.9 Å². The van der Waals surface area contributed by atoms with E-state index in [1.807, 2.05) is 0 Å². The molecule has 1 aromatic heterocycles. The van der Waals surface area contributed by atoms with Gasteiger partial charge < -0.3 is 14.0 Å². The van der Waals surface area contributed by atoms with Gasteiger partial charge in [0.15, 0.2) is 0 Å². The van der Waals surface area contributed by atoms with Gasteiger partial charge >= 0.3 is 19.0 Å². The molecule has 0 aromatic carbocycles. The number of nitrogens with one attached hydrogen (secondary N) is 1. The summed E-state index contributed by atoms with van der Waals surface area (Å²) in [7, 11) is -3.20. The van der Waals surface area contributed by atoms with Crippen molar-refractivity contribution in [3.63, 3.8) is 0 Å². The number of aryl methyl sites for hydroxylation is 1. The lowest BCUT2D eigenvalue weighted by Gasteiger charge is -2.20. The topological polar surface area (TPSA) is 175 Å². The van der Waals surface area contributed by atoms with Crippen LogP contribution in [0.2, 0.25) is 0 Å². The molecule has 1 aromatic rings. The Morgan fingerprint density at radius 2 is 1.44 bits per heavy atom. The van der Waals surface area contributed by atoms with Crippen LogP contribution in [0.5, 0.6) is 0 Å². The highest BCUT2D eigenvalue weighted by Gasteiger charge is 2.41. The van der Waals surface area contributed by atoms with Crippen LogP contribution >= 0.6 is 7.60 Å². The van der Waals surface area contributed by atoms with E-state index >= 15 is 0 Å². The van der Waals surface area contributed by atoms with Crippen LogP contribution in [0.25, 0.3) is 10.4 Å². The number of aromatic nitrogens is 2. The predicted octanol–water partition coefficient (Wildman–Crippen LogP) is 9.63. The molecule has 1 aliphatic rings. The maximum Gasteiger partial charge on any atom is 0.438 e. The first kappa shape index (κ1) is 41.7. The van der Waals surface area contributed by atoms with Gasteiger partial charge in [-0.15, -0.1) is 0 Å². The van der Waals surface area contributed by atoms with Gasteiger partial charge in [-0.1, -0.05) is 134 Å². The molecule has 1 fully saturated rings. The third-order valence-corrected chi connectivity index (χ3v) is 10.5. The summed E-state index contributed by atoms with van der Waals surface area (Å²) in [6.45, 7) is 3.50. The minimum atomic E-state index is -4.29. The molecule has 0 spiro atoms. The predicted molar refractivity (Wildman–Crippen MR) is 187 cm³/mol. The Hall–Kier alpha value is -2.43. The summed E-state index contributed by atoms with van der Waals surface area (Å²) < 4.78 is 35.6. The van der Waals surface area contributed by atoms with Crippen LogP contribution in [0.4, 0.5) is 4.79 Å². The van der Waals surface area contributed by atoms with Gasteiger partial charge in [-0.25, -0.2) is 14.2 Å². The van der Waals surface area contributed by atoms with E-state index in [1.54, 1.807) is 0 Å². The lowest BCUT2D eigenvalue weighted by Crippen LogP contribution is -2.33. The van der Waals surface area contributed by atoms with Crippen molar-refractivity contribution in [3.8, 4) is 0 Å². The van der Waals surface area contributed by atoms with Crippen LogP contribution in [-0.4, -0.2) is 47.7 Å². The molecule has 2 heterocycles. The first-order valence-electron chi connectivity index (χ1n) is 18.2. The third-order valence-electron chi connectivity index (χ3n) is 8.96. The van der Waals surface area contributed by atoms with Crippen LogP contribution in [0, 0.1) is 6.92 Å². The second-order valence-corrected chi connectivity index (χ2v) is 14.9. The second-order valence-electron chi connectivity index (χ2n) is 12.9. The van der Waals surface area contributed by atoms with Gasteiger partial charge in [0.25, 0.3) is 5.56 Å². The second kappa shape index (κ2) is 24.7. The summed E-state index contributed by atoms with van der Waals surface area (Å²) in [6, 6.07) is -0.783. The van der Waals surface area contributed by atoms with Crippen LogP contribution < -0.4 is 11.2 Å². The third kappa shape index (κ3) is 15.9. The summed E-state index contributed by atoms with van der Waals surface area (Å²) in [5.74, 6) is 0. The number of ether oxygens (including phenoxy) is 2. The standard InChI is InChI=1S/C34H60N5O8P/c1-4-5-6-7-8-9-10-11-12-13-14-15-16-17-18-19-20-21-22-23-24-45-34(42)48(43,44-3)46-27-30-29(37-38-35)25-31(47-30)39-26-28(2)32(40)36-33(39)41/h26,29-31H,4-25,27H2,1-3H3,(H,36,40,41)/t29-,30+,31+,48?/m0/s1. The van der Waals surface area contributed by atoms with E-state index in [-0.39, 0.29) is 13.0 Å². The quantitative estimate of drug-likeness (QED) is 0.0296. The molecule has 1 aliphatic heterocycles. The fourth-order valence-corrected chi connectivity index (χ4v) is 6.92. The monoisotopic (exact) mass is 697 g/mol. The van der Waals surface area contributed by atoms with Gasteiger partial charge in [-0.3, -0.25) is 18.9 Å². The molecule has 2 rings (SSSR count). The van der Waals surface area contributed by atoms with E-state index < -0.39 is 49.5 Å². The number of carbonyl (C=O) groups is 1. The Bertz CT molecular complexity index is 1260. The number of azide groups is 1. The maximum atomic E-state index is 13.1. The van der Waals surface area contributed by atoms with Crippen LogP contribution in [0.15, 0.2) is 20.9 Å². The molecule has 1 unspecified atom stereocenters. The van der Waals surface area contributed by atoms with Crippen LogP contribution in [-0.2, 0) is 23.1 Å². The number of carbonyl (C=O) groups excluding carboxylic acids is 1. The number of rotatable bonds is 28. The first-order chi connectivity index (χ1) is 23.3. The van der Waals surface area contributed by atoms with Gasteiger partial charge in [-0.2, -0.15) is 0 Å². The minimum Gasteiger partial charge on any atom is -0.457 e. The van der Waals surface area contributed by atoms with Crippen molar-refractivity contribution in [3.05, 3.63) is 43.0 Å². The van der Waals surface area contributed by atoms with Gasteiger partial charge in [0, 0.05) is 30.2 Å². The number of aromatic amines is 1. The zero-order valence-electron chi connectivity index (χ0n) is 29.6. The van der Waals surface area contributed by atoms with Gasteiger partial charge in [0.05, 0.1) is 25.4 Å². The highest BCUT2D eigenvalue weighted by Crippen LogP contribution is 2.50. The van der Waals surface area contributed by atoms with Crippen molar-refractivity contribution in [2.45, 2.75) is 167 Å². The largest absolute Gasteiger partial charge is 0.457 e. The fourth-order valence-electron chi connectivity index (χ4n) is 5.97. The number of H-pyrrole nitrogens is 1. The summed E-state index contributed by atoms with van der Waals surface area (Å²) in [6.07, 6.45) is 25.1. The van der Waals surface area contributed by atoms with Crippen molar-refractivity contribution in [2.24, 2.45) is 5.11 Å². The van der Waals surface area contributed by atoms with Crippen LogP contribution in [0.1, 0.15) is 154 Å². The lowest BCUT2D eigenvalue weighted by molar-refractivity contribution is -0.0244. The van der Waals surface area contributed by atoms with Gasteiger partial charge in [0.1, 0.15) is 6.23 Å². The highest BCUT2D eigenvalue weighted by atomic mass is 31.2. The lowest BCUT2D eigenvalue weighted by atomic mass is 10.0. The molecule has 4 atom stereocenters. The van der Waals surface area contributed by atoms with E-state index in [0.717, 1.165) is 26.4 Å². The minimum absolute atomic E-state index is 0.102. The smallest absolute Gasteiger partial charge is 0.438 e. The van der Waals surface area contributed by atoms with Gasteiger partial charge in [0.2, 0.25) is 0 Å². The molecule has 0 aliphatic carbocycles. The molecule has 0 bridgehead atoms. The average molecular weight is 698 g/mol. The maximum absolute atomic E-state index is 13.1. The molecular weight excluding hydrogens is 637 g/mol. The number of unbranched alkanes of at least 4 members (excludes halogenated alkanes) is 19. The fraction of sp³-hybridized carbons (Fsp3) is 0.853. The zero-order chi connectivity index (χ0) is 35.0. The number of nitrogens with zero attached hydrogens (tertiary/aromatic N) is 4. The van der Waals surface area contributed by atoms with E-state index in [2.05, 4.69) is 21.9 Å². The molecule has 0 amide bonds. The SMILES string of the molecule is CCCCCCCCCCCCCCCCCCCCCCOC(=O)P(=O)(OC)OC[C@H]1O[C@@H](n2cc(C)c(=O)[nH]c2=O)C[C@@H]1N=[N+]=[N-]. The summed E-state index contributed by atoms with van der Waals surface area (Å²) >= 11 is 0. The molecule has 14 heteroatoms. The molecule has 1 saturated heterocycles. The molecular formula is C34H60N5O8P. The Morgan fingerprint density at radius 3 is 1.92 bits per heavy atom. The normalized spacial score (nSPS) is 18.8.